The Kier molecular flexibility index (Phi) is 8.01. The fourth-order valence-electron chi connectivity index (χ4n) is 5.12. The van der Waals surface area contributed by atoms with Crippen molar-refractivity contribution in [1.29, 1.82) is 0 Å². The largest absolute Gasteiger partial charge is 0.488 e. The number of anilines is 1. The molecule has 0 bridgehead atoms. The summed E-state index contributed by atoms with van der Waals surface area (Å²) in [5.74, 6) is 0.459. The summed E-state index contributed by atoms with van der Waals surface area (Å²) in [6.45, 7) is 5.58. The Morgan fingerprint density at radius 1 is 0.951 bits per heavy atom. The van der Waals surface area contributed by atoms with Gasteiger partial charge in [-0.3, -0.25) is 4.79 Å². The number of pyridine rings is 1. The lowest BCUT2D eigenvalue weighted by molar-refractivity contribution is -0.142. The van der Waals surface area contributed by atoms with Gasteiger partial charge in [0.2, 0.25) is 0 Å². The molecule has 5 rings (SSSR count). The van der Waals surface area contributed by atoms with Crippen LogP contribution in [0, 0.1) is 19.8 Å². The van der Waals surface area contributed by atoms with Gasteiger partial charge >= 0.3 is 12.1 Å². The van der Waals surface area contributed by atoms with E-state index in [1.807, 2.05) is 68.4 Å². The summed E-state index contributed by atoms with van der Waals surface area (Å²) < 4.78 is 45.1. The molecule has 0 saturated carbocycles. The smallest absolute Gasteiger partial charge is 0.416 e. The number of aryl methyl sites for hydroxylation is 2. The molecule has 8 heteroatoms. The van der Waals surface area contributed by atoms with Gasteiger partial charge in [0.05, 0.1) is 17.2 Å². The first-order valence-electron chi connectivity index (χ1n) is 13.5. The molecule has 1 saturated heterocycles. The number of halogens is 3. The van der Waals surface area contributed by atoms with Crippen LogP contribution in [0.5, 0.6) is 5.75 Å². The number of piperidine rings is 1. The molecular weight excluding hydrogens is 529 g/mol. The minimum absolute atomic E-state index is 0.307. The van der Waals surface area contributed by atoms with E-state index in [-0.39, 0.29) is 5.92 Å². The third-order valence-corrected chi connectivity index (χ3v) is 7.58. The molecule has 3 aromatic carbocycles. The predicted molar refractivity (Wildman–Crippen MR) is 153 cm³/mol. The Labute approximate surface area is 237 Å². The summed E-state index contributed by atoms with van der Waals surface area (Å²) in [6, 6.07) is 22.8. The van der Waals surface area contributed by atoms with Crippen LogP contribution in [0.2, 0.25) is 0 Å². The molecule has 1 aliphatic heterocycles. The standard InChI is InChI=1S/C33H31F3N2O3/c1-21-6-13-30(28(18-21)29-4-3-5-31(37-29)38-16-14-24(15-17-38)32(39)40)41-20-26-8-7-25(19-22(26)2)23-9-11-27(12-10-23)33(34,35)36/h3-13,18-19,24H,14-17,20H2,1-2H3,(H,39,40). The molecule has 0 atom stereocenters. The second kappa shape index (κ2) is 11.6. The van der Waals surface area contributed by atoms with E-state index in [0.717, 1.165) is 51.5 Å². The van der Waals surface area contributed by atoms with Gasteiger partial charge in [-0.25, -0.2) is 4.98 Å². The number of carboxylic acids is 1. The summed E-state index contributed by atoms with van der Waals surface area (Å²) in [6.07, 6.45) is -3.17. The average molecular weight is 561 g/mol. The maximum absolute atomic E-state index is 12.9. The van der Waals surface area contributed by atoms with Crippen molar-refractivity contribution in [3.05, 3.63) is 101 Å². The Morgan fingerprint density at radius 3 is 2.32 bits per heavy atom. The highest BCUT2D eigenvalue weighted by atomic mass is 19.4. The number of aromatic nitrogens is 1. The number of hydrogen-bond acceptors (Lipinski definition) is 4. The Bertz CT molecular complexity index is 1540. The lowest BCUT2D eigenvalue weighted by Gasteiger charge is -2.31. The van der Waals surface area contributed by atoms with E-state index < -0.39 is 17.7 Å². The van der Waals surface area contributed by atoms with Crippen molar-refractivity contribution in [1.82, 2.24) is 4.98 Å². The summed E-state index contributed by atoms with van der Waals surface area (Å²) in [7, 11) is 0. The van der Waals surface area contributed by atoms with E-state index in [0.29, 0.717) is 43.9 Å². The number of carboxylic acid groups (broad SMARTS) is 1. The van der Waals surface area contributed by atoms with Gasteiger partial charge in [0.1, 0.15) is 18.2 Å². The molecule has 41 heavy (non-hydrogen) atoms. The first-order valence-corrected chi connectivity index (χ1v) is 13.5. The number of aliphatic carboxylic acids is 1. The zero-order valence-corrected chi connectivity index (χ0v) is 22.9. The highest BCUT2D eigenvalue weighted by molar-refractivity contribution is 5.71. The fraction of sp³-hybridized carbons (Fsp3) is 0.273. The molecule has 0 unspecified atom stereocenters. The van der Waals surface area contributed by atoms with Crippen LogP contribution >= 0.6 is 0 Å². The minimum Gasteiger partial charge on any atom is -0.488 e. The summed E-state index contributed by atoms with van der Waals surface area (Å²) >= 11 is 0. The SMILES string of the molecule is Cc1ccc(OCc2ccc(-c3ccc(C(F)(F)F)cc3)cc2C)c(-c2cccc(N3CCC(C(=O)O)CC3)n2)c1. The molecule has 1 fully saturated rings. The molecule has 0 radical (unpaired) electrons. The second-order valence-corrected chi connectivity index (χ2v) is 10.5. The molecule has 4 aromatic rings. The van der Waals surface area contributed by atoms with Crippen LogP contribution in [0.1, 0.15) is 35.1 Å². The number of nitrogens with zero attached hydrogens (tertiary/aromatic N) is 2. The van der Waals surface area contributed by atoms with Crippen LogP contribution in [0.15, 0.2) is 78.9 Å². The van der Waals surface area contributed by atoms with E-state index in [2.05, 4.69) is 4.90 Å². The Hall–Kier alpha value is -4.33. The lowest BCUT2D eigenvalue weighted by atomic mass is 9.97. The molecule has 0 aliphatic carbocycles. The van der Waals surface area contributed by atoms with Crippen LogP contribution < -0.4 is 9.64 Å². The van der Waals surface area contributed by atoms with Crippen molar-refractivity contribution < 1.29 is 27.8 Å². The van der Waals surface area contributed by atoms with Gasteiger partial charge in [0.25, 0.3) is 0 Å². The van der Waals surface area contributed by atoms with Gasteiger partial charge in [-0.15, -0.1) is 0 Å². The molecule has 0 spiro atoms. The first-order chi connectivity index (χ1) is 19.6. The number of rotatable bonds is 7. The second-order valence-electron chi connectivity index (χ2n) is 10.5. The number of carbonyl (C=O) groups is 1. The molecule has 2 heterocycles. The molecule has 1 aliphatic rings. The highest BCUT2D eigenvalue weighted by Gasteiger charge is 2.30. The van der Waals surface area contributed by atoms with Gasteiger partial charge in [-0.2, -0.15) is 13.2 Å². The first kappa shape index (κ1) is 28.2. The zero-order chi connectivity index (χ0) is 29.1. The molecule has 212 valence electrons. The maximum atomic E-state index is 12.9. The molecule has 5 nitrogen and oxygen atoms in total. The van der Waals surface area contributed by atoms with Crippen molar-refractivity contribution in [2.24, 2.45) is 5.92 Å². The lowest BCUT2D eigenvalue weighted by Crippen LogP contribution is -2.36. The number of alkyl halides is 3. The van der Waals surface area contributed by atoms with Crippen molar-refractivity contribution in [2.75, 3.05) is 18.0 Å². The van der Waals surface area contributed by atoms with Crippen molar-refractivity contribution in [2.45, 2.75) is 39.5 Å². The van der Waals surface area contributed by atoms with Crippen molar-refractivity contribution in [3.8, 4) is 28.1 Å². The summed E-state index contributed by atoms with van der Waals surface area (Å²) in [5, 5.41) is 9.31. The third kappa shape index (κ3) is 6.53. The normalized spacial score (nSPS) is 14.2. The van der Waals surface area contributed by atoms with Crippen molar-refractivity contribution >= 4 is 11.8 Å². The van der Waals surface area contributed by atoms with Crippen molar-refractivity contribution in [3.63, 3.8) is 0 Å². The van der Waals surface area contributed by atoms with Crippen LogP contribution in [0.3, 0.4) is 0 Å². The Balaban J connectivity index is 1.32. The van der Waals surface area contributed by atoms with Crippen LogP contribution in [-0.4, -0.2) is 29.1 Å². The van der Waals surface area contributed by atoms with Gasteiger partial charge in [-0.05, 0) is 85.3 Å². The monoisotopic (exact) mass is 560 g/mol. The van der Waals surface area contributed by atoms with Gasteiger partial charge in [0, 0.05) is 18.7 Å². The number of benzene rings is 3. The van der Waals surface area contributed by atoms with Gasteiger partial charge in [-0.1, -0.05) is 48.0 Å². The van der Waals surface area contributed by atoms with E-state index >= 15 is 0 Å². The zero-order valence-electron chi connectivity index (χ0n) is 22.9. The molecule has 0 amide bonds. The van der Waals surface area contributed by atoms with E-state index in [1.165, 1.54) is 12.1 Å². The average Bonchev–Trinajstić information content (AvgIpc) is 2.96. The van der Waals surface area contributed by atoms with E-state index in [9.17, 15) is 23.1 Å². The number of ether oxygens (including phenoxy) is 1. The molecule has 1 N–H and O–H groups in total. The number of hydrogen-bond donors (Lipinski definition) is 1. The molecule has 1 aromatic heterocycles. The van der Waals surface area contributed by atoms with Crippen LogP contribution in [0.4, 0.5) is 19.0 Å². The fourth-order valence-corrected chi connectivity index (χ4v) is 5.12. The highest BCUT2D eigenvalue weighted by Crippen LogP contribution is 2.34. The Morgan fingerprint density at radius 2 is 1.66 bits per heavy atom. The van der Waals surface area contributed by atoms with Crippen LogP contribution in [-0.2, 0) is 17.6 Å². The van der Waals surface area contributed by atoms with E-state index in [4.69, 9.17) is 9.72 Å². The summed E-state index contributed by atoms with van der Waals surface area (Å²) in [4.78, 5) is 18.4. The topological polar surface area (TPSA) is 62.7 Å². The van der Waals surface area contributed by atoms with E-state index in [1.54, 1.807) is 0 Å². The summed E-state index contributed by atoms with van der Waals surface area (Å²) in [5.41, 5.74) is 5.54. The predicted octanol–water partition coefficient (Wildman–Crippen LogP) is 7.93. The quantitative estimate of drug-likeness (QED) is 0.249. The van der Waals surface area contributed by atoms with Gasteiger partial charge < -0.3 is 14.7 Å². The minimum atomic E-state index is -4.36. The van der Waals surface area contributed by atoms with Gasteiger partial charge in [0.15, 0.2) is 0 Å². The third-order valence-electron chi connectivity index (χ3n) is 7.58. The maximum Gasteiger partial charge on any atom is 0.416 e. The van der Waals surface area contributed by atoms with Crippen LogP contribution in [0.25, 0.3) is 22.4 Å². The molecular formula is C33H31F3N2O3.